The number of carbonyl (C=O) groups is 2. The lowest BCUT2D eigenvalue weighted by molar-refractivity contribution is -0.117. The summed E-state index contributed by atoms with van der Waals surface area (Å²) >= 11 is 0. The first-order chi connectivity index (χ1) is 10.2. The molecule has 106 valence electrons. The molecule has 0 aliphatic heterocycles. The normalized spacial score (nSPS) is 10.3. The van der Waals surface area contributed by atoms with Gasteiger partial charge in [-0.15, -0.1) is 0 Å². The van der Waals surface area contributed by atoms with Crippen molar-refractivity contribution in [3.63, 3.8) is 0 Å². The van der Waals surface area contributed by atoms with Crippen molar-refractivity contribution < 1.29 is 14.0 Å². The van der Waals surface area contributed by atoms with E-state index in [9.17, 15) is 14.0 Å². The number of carbonyl (C=O) groups excluding carboxylic acids is 2. The second-order valence-corrected chi connectivity index (χ2v) is 4.04. The van der Waals surface area contributed by atoms with E-state index in [-0.39, 0.29) is 5.56 Å². The van der Waals surface area contributed by atoms with Crippen LogP contribution in [-0.4, -0.2) is 16.8 Å². The monoisotopic (exact) mass is 285 g/mol. The first-order valence-corrected chi connectivity index (χ1v) is 6.10. The summed E-state index contributed by atoms with van der Waals surface area (Å²) in [6, 6.07) is 9.00. The molecule has 2 amide bonds. The van der Waals surface area contributed by atoms with Crippen LogP contribution >= 0.6 is 0 Å². The summed E-state index contributed by atoms with van der Waals surface area (Å²) in [6.45, 7) is 0. The van der Waals surface area contributed by atoms with Crippen LogP contribution in [0, 0.1) is 5.82 Å². The highest BCUT2D eigenvalue weighted by molar-refractivity contribution is 5.98. The number of hydrazine groups is 1. The Morgan fingerprint density at radius 3 is 2.62 bits per heavy atom. The van der Waals surface area contributed by atoms with Crippen molar-refractivity contribution >= 4 is 17.9 Å². The van der Waals surface area contributed by atoms with Crippen molar-refractivity contribution in [2.75, 3.05) is 0 Å². The molecule has 5 nitrogen and oxygen atoms in total. The summed E-state index contributed by atoms with van der Waals surface area (Å²) in [5, 5.41) is 0. The number of nitrogens with one attached hydrogen (secondary N) is 2. The van der Waals surface area contributed by atoms with Gasteiger partial charge in [-0.2, -0.15) is 0 Å². The number of amides is 2. The van der Waals surface area contributed by atoms with Crippen molar-refractivity contribution in [2.24, 2.45) is 0 Å². The highest BCUT2D eigenvalue weighted by atomic mass is 19.1. The van der Waals surface area contributed by atoms with E-state index in [1.54, 1.807) is 24.5 Å². The van der Waals surface area contributed by atoms with Gasteiger partial charge in [0, 0.05) is 18.5 Å². The van der Waals surface area contributed by atoms with Crippen LogP contribution in [0.2, 0.25) is 0 Å². The molecule has 1 aromatic heterocycles. The number of pyridine rings is 1. The SMILES string of the molecule is O=C(/C=C/c1cccnc1)NNC(=O)c1ccccc1F. The molecular formula is C15H12FN3O2. The van der Waals surface area contributed by atoms with Gasteiger partial charge in [0.25, 0.3) is 11.8 Å². The van der Waals surface area contributed by atoms with Crippen molar-refractivity contribution in [3.05, 3.63) is 71.8 Å². The van der Waals surface area contributed by atoms with Gasteiger partial charge in [0.15, 0.2) is 0 Å². The van der Waals surface area contributed by atoms with Crippen molar-refractivity contribution in [2.45, 2.75) is 0 Å². The number of hydrogen-bond acceptors (Lipinski definition) is 3. The van der Waals surface area contributed by atoms with Crippen LogP contribution < -0.4 is 10.9 Å². The van der Waals surface area contributed by atoms with Crippen molar-refractivity contribution in [3.8, 4) is 0 Å². The van der Waals surface area contributed by atoms with Gasteiger partial charge in [0.2, 0.25) is 0 Å². The Hall–Kier alpha value is -3.02. The molecule has 0 spiro atoms. The molecule has 21 heavy (non-hydrogen) atoms. The van der Waals surface area contributed by atoms with Gasteiger partial charge in [0.05, 0.1) is 5.56 Å². The highest BCUT2D eigenvalue weighted by Gasteiger charge is 2.10. The molecule has 0 aliphatic carbocycles. The second-order valence-electron chi connectivity index (χ2n) is 4.04. The molecule has 0 unspecified atom stereocenters. The molecule has 0 saturated heterocycles. The van der Waals surface area contributed by atoms with Crippen LogP contribution in [0.4, 0.5) is 4.39 Å². The van der Waals surface area contributed by atoms with E-state index < -0.39 is 17.6 Å². The highest BCUT2D eigenvalue weighted by Crippen LogP contribution is 2.05. The molecule has 2 rings (SSSR count). The number of hydrogen-bond donors (Lipinski definition) is 2. The van der Waals surface area contributed by atoms with Gasteiger partial charge in [-0.05, 0) is 29.8 Å². The predicted molar refractivity (Wildman–Crippen MR) is 75.3 cm³/mol. The first-order valence-electron chi connectivity index (χ1n) is 6.10. The Morgan fingerprint density at radius 1 is 1.10 bits per heavy atom. The first kappa shape index (κ1) is 14.4. The summed E-state index contributed by atoms with van der Waals surface area (Å²) in [5.41, 5.74) is 4.90. The predicted octanol–water partition coefficient (Wildman–Crippen LogP) is 1.70. The third-order valence-corrected chi connectivity index (χ3v) is 2.53. The Balaban J connectivity index is 1.88. The molecule has 0 atom stereocenters. The van der Waals surface area contributed by atoms with Gasteiger partial charge in [0.1, 0.15) is 5.82 Å². The molecule has 0 radical (unpaired) electrons. The van der Waals surface area contributed by atoms with Crippen LogP contribution in [0.1, 0.15) is 15.9 Å². The summed E-state index contributed by atoms with van der Waals surface area (Å²) in [7, 11) is 0. The van der Waals surface area contributed by atoms with Gasteiger partial charge < -0.3 is 0 Å². The second kappa shape index (κ2) is 6.95. The maximum absolute atomic E-state index is 13.3. The minimum absolute atomic E-state index is 0.144. The zero-order chi connectivity index (χ0) is 15.1. The fourth-order valence-corrected chi connectivity index (χ4v) is 1.52. The van der Waals surface area contributed by atoms with E-state index in [0.29, 0.717) is 0 Å². The standard InChI is InChI=1S/C15H12FN3O2/c16-13-6-2-1-5-12(13)15(21)19-18-14(20)8-7-11-4-3-9-17-10-11/h1-10H,(H,18,20)(H,19,21)/b8-7+. The van der Waals surface area contributed by atoms with Gasteiger partial charge in [-0.3, -0.25) is 25.4 Å². The van der Waals surface area contributed by atoms with Crippen LogP contribution in [0.5, 0.6) is 0 Å². The lowest BCUT2D eigenvalue weighted by atomic mass is 10.2. The Labute approximate surface area is 120 Å². The van der Waals surface area contributed by atoms with Crippen LogP contribution in [0.3, 0.4) is 0 Å². The molecule has 6 heteroatoms. The zero-order valence-electron chi connectivity index (χ0n) is 10.9. The maximum Gasteiger partial charge on any atom is 0.272 e. The topological polar surface area (TPSA) is 71.1 Å². The van der Waals surface area contributed by atoms with Gasteiger partial charge in [-0.1, -0.05) is 18.2 Å². The number of rotatable bonds is 3. The number of halogens is 1. The average molecular weight is 285 g/mol. The molecule has 2 N–H and O–H groups in total. The van der Waals surface area contributed by atoms with E-state index in [0.717, 1.165) is 5.56 Å². The molecule has 0 aliphatic rings. The van der Waals surface area contributed by atoms with E-state index in [1.807, 2.05) is 0 Å². The van der Waals surface area contributed by atoms with Crippen LogP contribution in [0.15, 0.2) is 54.9 Å². The Morgan fingerprint density at radius 2 is 1.90 bits per heavy atom. The quantitative estimate of drug-likeness (QED) is 0.666. The third kappa shape index (κ3) is 4.24. The van der Waals surface area contributed by atoms with Crippen LogP contribution in [-0.2, 0) is 4.79 Å². The summed E-state index contributed by atoms with van der Waals surface area (Å²) < 4.78 is 13.3. The molecule has 0 saturated carbocycles. The molecule has 1 aromatic carbocycles. The minimum atomic E-state index is -0.726. The Kier molecular flexibility index (Phi) is 4.76. The smallest absolute Gasteiger partial charge is 0.268 e. The number of benzene rings is 1. The van der Waals surface area contributed by atoms with Crippen LogP contribution in [0.25, 0.3) is 6.08 Å². The largest absolute Gasteiger partial charge is 0.272 e. The Bertz CT molecular complexity index is 672. The van der Waals surface area contributed by atoms with Crippen molar-refractivity contribution in [1.29, 1.82) is 0 Å². The maximum atomic E-state index is 13.3. The molecular weight excluding hydrogens is 273 g/mol. The fourth-order valence-electron chi connectivity index (χ4n) is 1.52. The van der Waals surface area contributed by atoms with E-state index in [1.165, 1.54) is 36.4 Å². The number of aromatic nitrogens is 1. The summed E-state index contributed by atoms with van der Waals surface area (Å²) in [5.74, 6) is -1.92. The van der Waals surface area contributed by atoms with E-state index in [4.69, 9.17) is 0 Å². The minimum Gasteiger partial charge on any atom is -0.268 e. The molecule has 0 fully saturated rings. The van der Waals surface area contributed by atoms with Gasteiger partial charge in [-0.25, -0.2) is 4.39 Å². The van der Waals surface area contributed by atoms with Crippen molar-refractivity contribution in [1.82, 2.24) is 15.8 Å². The summed E-state index contributed by atoms with van der Waals surface area (Å²) in [6.07, 6.45) is 5.98. The fraction of sp³-hybridized carbons (Fsp3) is 0. The lowest BCUT2D eigenvalue weighted by Crippen LogP contribution is -2.41. The third-order valence-electron chi connectivity index (χ3n) is 2.53. The van der Waals surface area contributed by atoms with Gasteiger partial charge >= 0.3 is 0 Å². The van der Waals surface area contributed by atoms with E-state index in [2.05, 4.69) is 15.8 Å². The molecule has 1 heterocycles. The average Bonchev–Trinajstić information content (AvgIpc) is 2.52. The molecule has 2 aromatic rings. The van der Waals surface area contributed by atoms with E-state index >= 15 is 0 Å². The number of nitrogens with zero attached hydrogens (tertiary/aromatic N) is 1. The zero-order valence-corrected chi connectivity index (χ0v) is 10.9. The summed E-state index contributed by atoms with van der Waals surface area (Å²) in [4.78, 5) is 27.0. The molecule has 0 bridgehead atoms. The lowest BCUT2D eigenvalue weighted by Gasteiger charge is -2.05.